The molecule has 0 unspecified atom stereocenters. The lowest BCUT2D eigenvalue weighted by molar-refractivity contribution is 0.349. The van der Waals surface area contributed by atoms with E-state index < -0.39 is 10.0 Å². The Balaban J connectivity index is 1.86. The number of aliphatic imine (C=N–C) groups is 1. The van der Waals surface area contributed by atoms with Crippen LogP contribution in [0.3, 0.4) is 0 Å². The van der Waals surface area contributed by atoms with Gasteiger partial charge in [-0.1, -0.05) is 25.0 Å². The first kappa shape index (κ1) is 19.0. The molecule has 0 radical (unpaired) electrons. The Labute approximate surface area is 165 Å². The zero-order chi connectivity index (χ0) is 19.9. The SMILES string of the molecule is COc1cc2c(cc1OC)[C@@H]1CCCC[C@@H]1N=C2c1ccc(S(N)(=O)=O)cc1. The molecule has 0 amide bonds. The number of primary sulfonamides is 1. The first-order valence-electron chi connectivity index (χ1n) is 9.39. The third-order valence-electron chi connectivity index (χ3n) is 5.69. The molecule has 2 aromatic rings. The summed E-state index contributed by atoms with van der Waals surface area (Å²) in [6, 6.07) is 10.9. The highest BCUT2D eigenvalue weighted by Crippen LogP contribution is 2.44. The second-order valence-electron chi connectivity index (χ2n) is 7.30. The smallest absolute Gasteiger partial charge is 0.238 e. The predicted molar refractivity (Wildman–Crippen MR) is 108 cm³/mol. The van der Waals surface area contributed by atoms with Crippen LogP contribution in [0.25, 0.3) is 0 Å². The first-order chi connectivity index (χ1) is 13.4. The van der Waals surface area contributed by atoms with Crippen molar-refractivity contribution in [2.45, 2.75) is 42.5 Å². The molecule has 1 aliphatic carbocycles. The Bertz CT molecular complexity index is 1030. The van der Waals surface area contributed by atoms with E-state index >= 15 is 0 Å². The molecule has 1 saturated carbocycles. The molecule has 2 aromatic carbocycles. The number of nitrogens with zero attached hydrogens (tertiary/aromatic N) is 1. The molecule has 2 aliphatic rings. The van der Waals surface area contributed by atoms with Crippen LogP contribution in [0, 0.1) is 0 Å². The van der Waals surface area contributed by atoms with Gasteiger partial charge in [0.15, 0.2) is 11.5 Å². The van der Waals surface area contributed by atoms with Gasteiger partial charge >= 0.3 is 0 Å². The summed E-state index contributed by atoms with van der Waals surface area (Å²) >= 11 is 0. The molecule has 148 valence electrons. The number of hydrogen-bond donors (Lipinski definition) is 1. The monoisotopic (exact) mass is 400 g/mol. The minimum Gasteiger partial charge on any atom is -0.493 e. The number of ether oxygens (including phenoxy) is 2. The Hall–Kier alpha value is -2.38. The molecule has 1 heterocycles. The number of rotatable bonds is 4. The topological polar surface area (TPSA) is 91.0 Å². The molecular weight excluding hydrogens is 376 g/mol. The van der Waals surface area contributed by atoms with Gasteiger partial charge in [-0.25, -0.2) is 13.6 Å². The third kappa shape index (κ3) is 3.29. The van der Waals surface area contributed by atoms with E-state index in [9.17, 15) is 8.42 Å². The van der Waals surface area contributed by atoms with Crippen molar-refractivity contribution in [2.24, 2.45) is 10.1 Å². The van der Waals surface area contributed by atoms with Gasteiger partial charge in [0.05, 0.1) is 30.9 Å². The van der Waals surface area contributed by atoms with Crippen LogP contribution in [-0.4, -0.2) is 34.4 Å². The van der Waals surface area contributed by atoms with E-state index in [1.54, 1.807) is 26.4 Å². The van der Waals surface area contributed by atoms with Gasteiger partial charge in [0, 0.05) is 17.0 Å². The van der Waals surface area contributed by atoms with Crippen molar-refractivity contribution in [1.82, 2.24) is 0 Å². The maximum absolute atomic E-state index is 11.6. The molecule has 0 spiro atoms. The molecule has 0 saturated heterocycles. The highest BCUT2D eigenvalue weighted by Gasteiger charge is 2.34. The number of nitrogens with two attached hydrogens (primary N) is 1. The summed E-state index contributed by atoms with van der Waals surface area (Å²) in [6.45, 7) is 0. The number of sulfonamides is 1. The fourth-order valence-electron chi connectivity index (χ4n) is 4.30. The summed E-state index contributed by atoms with van der Waals surface area (Å²) < 4.78 is 34.2. The van der Waals surface area contributed by atoms with Gasteiger partial charge in [-0.05, 0) is 42.7 Å². The fraction of sp³-hybridized carbons (Fsp3) is 0.381. The van der Waals surface area contributed by atoms with E-state index in [1.807, 2.05) is 6.07 Å². The molecule has 0 aromatic heterocycles. The third-order valence-corrected chi connectivity index (χ3v) is 6.62. The maximum atomic E-state index is 11.6. The van der Waals surface area contributed by atoms with Crippen LogP contribution in [0.2, 0.25) is 0 Å². The minimum atomic E-state index is -3.73. The lowest BCUT2D eigenvalue weighted by Crippen LogP contribution is -2.29. The Kier molecular flexibility index (Phi) is 4.89. The molecule has 1 fully saturated rings. The molecule has 0 bridgehead atoms. The summed E-state index contributed by atoms with van der Waals surface area (Å²) in [6.07, 6.45) is 4.53. The molecule has 7 heteroatoms. The second-order valence-corrected chi connectivity index (χ2v) is 8.86. The summed E-state index contributed by atoms with van der Waals surface area (Å²) in [4.78, 5) is 5.17. The molecule has 2 atom stereocenters. The van der Waals surface area contributed by atoms with Crippen molar-refractivity contribution in [3.63, 3.8) is 0 Å². The fourth-order valence-corrected chi connectivity index (χ4v) is 4.82. The van der Waals surface area contributed by atoms with Gasteiger partial charge in [-0.3, -0.25) is 4.99 Å². The van der Waals surface area contributed by atoms with Gasteiger partial charge in [0.1, 0.15) is 0 Å². The van der Waals surface area contributed by atoms with E-state index in [4.69, 9.17) is 19.6 Å². The number of hydrogen-bond acceptors (Lipinski definition) is 5. The van der Waals surface area contributed by atoms with Crippen molar-refractivity contribution in [3.05, 3.63) is 53.1 Å². The van der Waals surface area contributed by atoms with Gasteiger partial charge in [-0.15, -0.1) is 0 Å². The van der Waals surface area contributed by atoms with Crippen LogP contribution < -0.4 is 14.6 Å². The molecule has 1 aliphatic heterocycles. The van der Waals surface area contributed by atoms with Gasteiger partial charge in [0.25, 0.3) is 0 Å². The van der Waals surface area contributed by atoms with E-state index in [0.29, 0.717) is 11.7 Å². The Morgan fingerprint density at radius 2 is 1.64 bits per heavy atom. The van der Waals surface area contributed by atoms with E-state index in [1.165, 1.54) is 30.5 Å². The lowest BCUT2D eigenvalue weighted by Gasteiger charge is -2.35. The standard InChI is InChI=1S/C21H24N2O4S/c1-26-19-11-16-15-5-3-4-6-18(15)23-21(17(16)12-20(19)27-2)13-7-9-14(10-8-13)28(22,24)25/h7-12,15,18H,3-6H2,1-2H3,(H2,22,24,25)/t15-,18-/m0/s1. The summed E-state index contributed by atoms with van der Waals surface area (Å²) in [5.74, 6) is 1.75. The average molecular weight is 401 g/mol. The van der Waals surface area contributed by atoms with E-state index in [0.717, 1.165) is 35.4 Å². The largest absolute Gasteiger partial charge is 0.493 e. The van der Waals surface area contributed by atoms with Gasteiger partial charge in [0.2, 0.25) is 10.0 Å². The van der Waals surface area contributed by atoms with Crippen molar-refractivity contribution in [3.8, 4) is 11.5 Å². The maximum Gasteiger partial charge on any atom is 0.238 e. The predicted octanol–water partition coefficient (Wildman–Crippen LogP) is 3.23. The highest BCUT2D eigenvalue weighted by molar-refractivity contribution is 7.89. The lowest BCUT2D eigenvalue weighted by atomic mass is 9.75. The molecule has 4 rings (SSSR count). The summed E-state index contributed by atoms with van der Waals surface area (Å²) in [5.41, 5.74) is 3.97. The van der Waals surface area contributed by atoms with Crippen molar-refractivity contribution < 1.29 is 17.9 Å². The van der Waals surface area contributed by atoms with E-state index in [-0.39, 0.29) is 10.9 Å². The quantitative estimate of drug-likeness (QED) is 0.853. The number of fused-ring (bicyclic) bond motifs is 3. The van der Waals surface area contributed by atoms with Crippen LogP contribution in [0.15, 0.2) is 46.3 Å². The van der Waals surface area contributed by atoms with Gasteiger partial charge in [-0.2, -0.15) is 0 Å². The molecule has 6 nitrogen and oxygen atoms in total. The zero-order valence-electron chi connectivity index (χ0n) is 16.0. The number of benzene rings is 2. The van der Waals surface area contributed by atoms with Crippen LogP contribution in [0.4, 0.5) is 0 Å². The molecule has 2 N–H and O–H groups in total. The van der Waals surface area contributed by atoms with Crippen LogP contribution in [-0.2, 0) is 10.0 Å². The highest BCUT2D eigenvalue weighted by atomic mass is 32.2. The molecule has 28 heavy (non-hydrogen) atoms. The first-order valence-corrected chi connectivity index (χ1v) is 10.9. The van der Waals surface area contributed by atoms with Crippen molar-refractivity contribution >= 4 is 15.7 Å². The van der Waals surface area contributed by atoms with Crippen LogP contribution in [0.5, 0.6) is 11.5 Å². The van der Waals surface area contributed by atoms with Crippen LogP contribution >= 0.6 is 0 Å². The number of methoxy groups -OCH3 is 2. The average Bonchev–Trinajstić information content (AvgIpc) is 2.71. The molecular formula is C21H24N2O4S. The Morgan fingerprint density at radius 3 is 2.29 bits per heavy atom. The Morgan fingerprint density at radius 1 is 1.00 bits per heavy atom. The second kappa shape index (κ2) is 7.22. The summed E-state index contributed by atoms with van der Waals surface area (Å²) in [5, 5.41) is 5.23. The zero-order valence-corrected chi connectivity index (χ0v) is 16.8. The normalized spacial score (nSPS) is 21.3. The van der Waals surface area contributed by atoms with Gasteiger partial charge < -0.3 is 9.47 Å². The van der Waals surface area contributed by atoms with Crippen molar-refractivity contribution in [2.75, 3.05) is 14.2 Å². The summed E-state index contributed by atoms with van der Waals surface area (Å²) in [7, 11) is -0.461. The van der Waals surface area contributed by atoms with Crippen molar-refractivity contribution in [1.29, 1.82) is 0 Å². The minimum absolute atomic E-state index is 0.0933. The van der Waals surface area contributed by atoms with Crippen LogP contribution in [0.1, 0.15) is 48.3 Å². The van der Waals surface area contributed by atoms with E-state index in [2.05, 4.69) is 6.07 Å².